The van der Waals surface area contributed by atoms with Gasteiger partial charge in [0.05, 0.1) is 11.0 Å². The molecule has 0 saturated heterocycles. The molecule has 1 aliphatic carbocycles. The summed E-state index contributed by atoms with van der Waals surface area (Å²) in [6.45, 7) is 16.8. The molecular formula is C68H53BN2S3. The van der Waals surface area contributed by atoms with Gasteiger partial charge in [0.25, 0.3) is 0 Å². The van der Waals surface area contributed by atoms with Crippen molar-refractivity contribution in [1.29, 1.82) is 0 Å². The van der Waals surface area contributed by atoms with E-state index in [0.29, 0.717) is 0 Å². The minimum Gasteiger partial charge on any atom is -0.376 e. The van der Waals surface area contributed by atoms with Crippen molar-refractivity contribution in [2.24, 2.45) is 0 Å². The molecule has 0 atom stereocenters. The third-order valence-corrected chi connectivity index (χ3v) is 21.1. The van der Waals surface area contributed by atoms with E-state index in [1.54, 1.807) is 0 Å². The molecule has 13 aromatic rings. The van der Waals surface area contributed by atoms with Crippen molar-refractivity contribution < 1.29 is 0 Å². The van der Waals surface area contributed by atoms with E-state index in [1.807, 2.05) is 34.0 Å². The van der Waals surface area contributed by atoms with Gasteiger partial charge in [-0.05, 0) is 134 Å². The SMILES string of the molecule is CC(C)(C)c1ccc(N2B3c4cc5sc(-c6ccccc6)c(-c6ccccc6)c5cc4-n4c5cc6c(cc5c5c7sc8ccccc8c7c(c3c54)-c3cc4c(cc32)sc2ccccc24)C(C)(C)CCC6(C)C)cc1. The number of hydrogen-bond acceptors (Lipinski definition) is 4. The Balaban J connectivity index is 1.15. The van der Waals surface area contributed by atoms with Crippen LogP contribution in [0.5, 0.6) is 0 Å². The lowest BCUT2D eigenvalue weighted by atomic mass is 9.43. The normalized spacial score (nSPS) is 15.6. The van der Waals surface area contributed by atoms with Gasteiger partial charge >= 0.3 is 6.85 Å². The lowest BCUT2D eigenvalue weighted by molar-refractivity contribution is 0.332. The molecule has 3 aliphatic rings. The Labute approximate surface area is 444 Å². The van der Waals surface area contributed by atoms with Crippen LogP contribution in [-0.2, 0) is 16.2 Å². The van der Waals surface area contributed by atoms with E-state index in [-0.39, 0.29) is 23.1 Å². The molecule has 16 rings (SSSR count). The summed E-state index contributed by atoms with van der Waals surface area (Å²) < 4.78 is 9.49. The summed E-state index contributed by atoms with van der Waals surface area (Å²) in [5.74, 6) is 0. The van der Waals surface area contributed by atoms with E-state index in [2.05, 4.69) is 228 Å². The maximum atomic E-state index is 2.77. The second-order valence-corrected chi connectivity index (χ2v) is 27.0. The minimum absolute atomic E-state index is 0.0182. The van der Waals surface area contributed by atoms with Crippen molar-refractivity contribution in [2.75, 3.05) is 4.81 Å². The van der Waals surface area contributed by atoms with E-state index in [4.69, 9.17) is 0 Å². The number of aromatic nitrogens is 1. The van der Waals surface area contributed by atoms with Crippen molar-refractivity contribution in [1.82, 2.24) is 4.57 Å². The van der Waals surface area contributed by atoms with Crippen LogP contribution in [0.3, 0.4) is 0 Å². The maximum absolute atomic E-state index is 2.77. The molecule has 9 aromatic carbocycles. The molecule has 4 aromatic heterocycles. The molecule has 0 radical (unpaired) electrons. The van der Waals surface area contributed by atoms with E-state index in [9.17, 15) is 0 Å². The van der Waals surface area contributed by atoms with Gasteiger partial charge in [0.2, 0.25) is 0 Å². The molecule has 2 aliphatic heterocycles. The first-order valence-corrected chi connectivity index (χ1v) is 28.8. The zero-order valence-electron chi connectivity index (χ0n) is 42.8. The van der Waals surface area contributed by atoms with Gasteiger partial charge in [0, 0.05) is 94.3 Å². The number of benzene rings is 9. The molecular weight excluding hydrogens is 952 g/mol. The van der Waals surface area contributed by atoms with Crippen LogP contribution in [0.2, 0.25) is 0 Å². The average Bonchev–Trinajstić information content (AvgIpc) is 4.17. The molecule has 0 unspecified atom stereocenters. The van der Waals surface area contributed by atoms with Crippen molar-refractivity contribution in [2.45, 2.75) is 77.6 Å². The Hall–Kier alpha value is -6.96. The van der Waals surface area contributed by atoms with Gasteiger partial charge in [0.15, 0.2) is 0 Å². The van der Waals surface area contributed by atoms with Crippen LogP contribution in [-0.4, -0.2) is 11.4 Å². The Bertz CT molecular complexity index is 4580. The van der Waals surface area contributed by atoms with E-state index >= 15 is 0 Å². The zero-order valence-corrected chi connectivity index (χ0v) is 45.2. The highest BCUT2D eigenvalue weighted by molar-refractivity contribution is 7.27. The highest BCUT2D eigenvalue weighted by Gasteiger charge is 2.47. The summed E-state index contributed by atoms with van der Waals surface area (Å²) in [4.78, 5) is 4.08. The first-order chi connectivity index (χ1) is 35.8. The molecule has 0 N–H and O–H groups in total. The van der Waals surface area contributed by atoms with Gasteiger partial charge in [-0.25, -0.2) is 0 Å². The monoisotopic (exact) mass is 1000 g/mol. The molecule has 0 spiro atoms. The zero-order chi connectivity index (χ0) is 49.7. The highest BCUT2D eigenvalue weighted by Crippen LogP contribution is 2.57. The summed E-state index contributed by atoms with van der Waals surface area (Å²) in [6.07, 6.45) is 2.33. The summed E-state index contributed by atoms with van der Waals surface area (Å²) in [7, 11) is 0. The molecule has 2 nitrogen and oxygen atoms in total. The quantitative estimate of drug-likeness (QED) is 0.160. The summed E-state index contributed by atoms with van der Waals surface area (Å²) in [5.41, 5.74) is 20.2. The van der Waals surface area contributed by atoms with Gasteiger partial charge in [-0.15, -0.1) is 34.0 Å². The number of anilines is 2. The molecule has 0 saturated carbocycles. The van der Waals surface area contributed by atoms with Gasteiger partial charge in [-0.1, -0.05) is 158 Å². The number of rotatable bonds is 3. The van der Waals surface area contributed by atoms with E-state index in [1.165, 1.54) is 156 Å². The molecule has 6 heteroatoms. The van der Waals surface area contributed by atoms with Crippen LogP contribution in [0, 0.1) is 0 Å². The summed E-state index contributed by atoms with van der Waals surface area (Å²) in [5, 5.41) is 9.50. The predicted octanol–water partition coefficient (Wildman–Crippen LogP) is 19.0. The van der Waals surface area contributed by atoms with Gasteiger partial charge < -0.3 is 9.38 Å². The molecule has 0 fully saturated rings. The minimum atomic E-state index is -0.128. The van der Waals surface area contributed by atoms with Gasteiger partial charge in [0.1, 0.15) is 0 Å². The fourth-order valence-corrected chi connectivity index (χ4v) is 17.4. The highest BCUT2D eigenvalue weighted by atomic mass is 32.1. The van der Waals surface area contributed by atoms with Crippen LogP contribution in [0.15, 0.2) is 170 Å². The first kappa shape index (κ1) is 43.4. The summed E-state index contributed by atoms with van der Waals surface area (Å²) in [6, 6.07) is 65.9. The first-order valence-electron chi connectivity index (χ1n) is 26.4. The molecule has 0 bridgehead atoms. The van der Waals surface area contributed by atoms with Crippen molar-refractivity contribution in [3.8, 4) is 38.4 Å². The van der Waals surface area contributed by atoms with Gasteiger partial charge in [-0.2, -0.15) is 0 Å². The number of fused-ring (bicyclic) bond motifs is 18. The standard InChI is InChI=1S/C68H53BN2S3/c1-66(2,3)40-26-28-41(29-27-40)71-52-37-57-44(42-22-14-16-24-54(42)72-57)32-45(52)59-60-43-23-15-17-25-55(43)73-65(60)61-46-33-48-49(68(6,7)31-30-67(48,4)5)35-51(46)70-53-34-47-56(36-50(53)69(71)62(59)63(61)70)74-64(39-20-12-9-13-21-39)58(47)38-18-10-8-11-19-38/h8-29,32-37H,30-31H2,1-7H3. The number of nitrogens with zero attached hydrogens (tertiary/aromatic N) is 2. The van der Waals surface area contributed by atoms with Crippen LogP contribution in [0.4, 0.5) is 11.4 Å². The predicted molar refractivity (Wildman–Crippen MR) is 326 cm³/mol. The van der Waals surface area contributed by atoms with Crippen LogP contribution >= 0.6 is 34.0 Å². The Morgan fingerprint density at radius 3 is 1.85 bits per heavy atom. The fraction of sp³-hybridized carbons (Fsp3) is 0.176. The third-order valence-electron chi connectivity index (χ3n) is 17.6. The van der Waals surface area contributed by atoms with Crippen LogP contribution in [0.1, 0.15) is 78.0 Å². The Morgan fingerprint density at radius 1 is 0.500 bits per heavy atom. The van der Waals surface area contributed by atoms with Gasteiger partial charge in [-0.3, -0.25) is 0 Å². The Morgan fingerprint density at radius 2 is 1.14 bits per heavy atom. The Kier molecular flexibility index (Phi) is 8.73. The second kappa shape index (κ2) is 14.9. The van der Waals surface area contributed by atoms with Crippen LogP contribution < -0.4 is 15.7 Å². The molecule has 0 amide bonds. The summed E-state index contributed by atoms with van der Waals surface area (Å²) >= 11 is 5.87. The molecule has 6 heterocycles. The third kappa shape index (κ3) is 5.82. The topological polar surface area (TPSA) is 8.17 Å². The van der Waals surface area contributed by atoms with Crippen molar-refractivity contribution in [3.63, 3.8) is 0 Å². The van der Waals surface area contributed by atoms with E-state index < -0.39 is 0 Å². The van der Waals surface area contributed by atoms with Crippen LogP contribution in [0.25, 0.3) is 111 Å². The smallest absolute Gasteiger partial charge is 0.333 e. The van der Waals surface area contributed by atoms with E-state index in [0.717, 1.165) is 6.42 Å². The van der Waals surface area contributed by atoms with Crippen molar-refractivity contribution in [3.05, 3.63) is 187 Å². The second-order valence-electron chi connectivity index (χ2n) is 23.8. The maximum Gasteiger partial charge on any atom is 0.333 e. The molecule has 74 heavy (non-hydrogen) atoms. The number of hydrogen-bond donors (Lipinski definition) is 0. The fourth-order valence-electron chi connectivity index (χ4n) is 13.7. The largest absolute Gasteiger partial charge is 0.376 e. The lowest BCUT2D eigenvalue weighted by Gasteiger charge is -2.42. The molecule has 356 valence electrons. The average molecular weight is 1010 g/mol. The number of thiophene rings is 3. The lowest BCUT2D eigenvalue weighted by Crippen LogP contribution is -2.60. The van der Waals surface area contributed by atoms with Crippen molar-refractivity contribution >= 4 is 135 Å².